The Bertz CT molecular complexity index is 307. The van der Waals surface area contributed by atoms with E-state index in [4.69, 9.17) is 4.74 Å². The Hall–Kier alpha value is -0.630. The van der Waals surface area contributed by atoms with E-state index in [1.807, 2.05) is 17.8 Å². The average Bonchev–Trinajstić information content (AvgIpc) is 2.16. The Balaban J connectivity index is 2.47. The van der Waals surface area contributed by atoms with Gasteiger partial charge in [-0.3, -0.25) is 0 Å². The van der Waals surface area contributed by atoms with Crippen LogP contribution in [0.3, 0.4) is 0 Å². The summed E-state index contributed by atoms with van der Waals surface area (Å²) >= 11 is 1.87. The fourth-order valence-corrected chi connectivity index (χ4v) is 2.21. The summed E-state index contributed by atoms with van der Waals surface area (Å²) in [5, 5.41) is 0.617. The molecule has 0 heterocycles. The van der Waals surface area contributed by atoms with Crippen LogP contribution in [0.2, 0.25) is 0 Å². The highest BCUT2D eigenvalue weighted by molar-refractivity contribution is 7.99. The lowest BCUT2D eigenvalue weighted by molar-refractivity contribution is 0.289. The Morgan fingerprint density at radius 3 is 2.56 bits per heavy atom. The first-order chi connectivity index (χ1) is 7.58. The molecule has 2 heteroatoms. The minimum atomic E-state index is 0.617. The molecule has 0 spiro atoms. The van der Waals surface area contributed by atoms with E-state index in [1.54, 1.807) is 0 Å². The van der Waals surface area contributed by atoms with Crippen molar-refractivity contribution in [3.8, 4) is 5.75 Å². The van der Waals surface area contributed by atoms with Gasteiger partial charge in [0.2, 0.25) is 0 Å². The minimum Gasteiger partial charge on any atom is -0.494 e. The first kappa shape index (κ1) is 13.4. The van der Waals surface area contributed by atoms with Crippen molar-refractivity contribution in [2.45, 2.75) is 44.3 Å². The van der Waals surface area contributed by atoms with Gasteiger partial charge in [-0.15, -0.1) is 11.8 Å². The van der Waals surface area contributed by atoms with Crippen molar-refractivity contribution in [3.05, 3.63) is 24.3 Å². The molecule has 0 radical (unpaired) electrons. The molecule has 0 aromatic heterocycles. The van der Waals surface area contributed by atoms with Crippen molar-refractivity contribution in [3.63, 3.8) is 0 Å². The van der Waals surface area contributed by atoms with Gasteiger partial charge in [-0.2, -0.15) is 0 Å². The summed E-state index contributed by atoms with van der Waals surface area (Å²) in [4.78, 5) is 1.29. The zero-order valence-corrected chi connectivity index (χ0v) is 11.5. The van der Waals surface area contributed by atoms with Gasteiger partial charge in [0.15, 0.2) is 0 Å². The van der Waals surface area contributed by atoms with Gasteiger partial charge in [0.05, 0.1) is 6.61 Å². The minimum absolute atomic E-state index is 0.617. The maximum Gasteiger partial charge on any atom is 0.120 e. The van der Waals surface area contributed by atoms with Crippen LogP contribution in [0.5, 0.6) is 5.75 Å². The molecule has 0 saturated carbocycles. The van der Waals surface area contributed by atoms with Crippen LogP contribution in [0.1, 0.15) is 34.1 Å². The van der Waals surface area contributed by atoms with Gasteiger partial charge >= 0.3 is 0 Å². The predicted molar refractivity (Wildman–Crippen MR) is 72.4 cm³/mol. The zero-order chi connectivity index (χ0) is 12.0. The Labute approximate surface area is 104 Å². The summed E-state index contributed by atoms with van der Waals surface area (Å²) in [6.07, 6.45) is 1.11. The van der Waals surface area contributed by atoms with E-state index < -0.39 is 0 Å². The molecule has 1 nitrogen and oxygen atoms in total. The fourth-order valence-electron chi connectivity index (χ4n) is 1.32. The highest BCUT2D eigenvalue weighted by Gasteiger charge is 2.01. The molecule has 16 heavy (non-hydrogen) atoms. The van der Waals surface area contributed by atoms with Crippen LogP contribution >= 0.6 is 11.8 Å². The third-order valence-electron chi connectivity index (χ3n) is 2.14. The summed E-state index contributed by atoms with van der Waals surface area (Å²) in [6, 6.07) is 8.37. The van der Waals surface area contributed by atoms with Gasteiger partial charge in [0.1, 0.15) is 5.75 Å². The third-order valence-corrected chi connectivity index (χ3v) is 3.14. The van der Waals surface area contributed by atoms with E-state index in [1.165, 1.54) is 4.90 Å². The number of hydrogen-bond donors (Lipinski definition) is 0. The molecule has 0 aliphatic carbocycles. The average molecular weight is 238 g/mol. The van der Waals surface area contributed by atoms with E-state index in [0.717, 1.165) is 18.8 Å². The van der Waals surface area contributed by atoms with E-state index in [9.17, 15) is 0 Å². The molecule has 0 N–H and O–H groups in total. The lowest BCUT2D eigenvalue weighted by Gasteiger charge is -2.10. The van der Waals surface area contributed by atoms with Gasteiger partial charge in [-0.1, -0.05) is 33.8 Å². The molecular weight excluding hydrogens is 216 g/mol. The monoisotopic (exact) mass is 238 g/mol. The lowest BCUT2D eigenvalue weighted by Crippen LogP contribution is -2.01. The third kappa shape index (κ3) is 5.45. The summed E-state index contributed by atoms with van der Waals surface area (Å²) < 4.78 is 5.73. The molecule has 0 aliphatic rings. The van der Waals surface area contributed by atoms with E-state index in [0.29, 0.717) is 11.2 Å². The summed E-state index contributed by atoms with van der Waals surface area (Å²) in [5.41, 5.74) is 0. The number of hydrogen-bond acceptors (Lipinski definition) is 2. The lowest BCUT2D eigenvalue weighted by atomic mass is 10.1. The van der Waals surface area contributed by atoms with E-state index in [2.05, 4.69) is 45.9 Å². The van der Waals surface area contributed by atoms with Gasteiger partial charge in [-0.25, -0.2) is 0 Å². The van der Waals surface area contributed by atoms with Crippen LogP contribution in [0.25, 0.3) is 0 Å². The van der Waals surface area contributed by atoms with Crippen LogP contribution in [0, 0.1) is 5.92 Å². The molecule has 1 rings (SSSR count). The molecule has 0 aliphatic heterocycles. The number of benzene rings is 1. The van der Waals surface area contributed by atoms with E-state index in [-0.39, 0.29) is 0 Å². The molecule has 1 aromatic carbocycles. The first-order valence-electron chi connectivity index (χ1n) is 5.97. The molecule has 0 amide bonds. The van der Waals surface area contributed by atoms with Crippen LogP contribution < -0.4 is 4.74 Å². The van der Waals surface area contributed by atoms with Crippen molar-refractivity contribution in [2.75, 3.05) is 6.61 Å². The Morgan fingerprint density at radius 2 is 1.94 bits per heavy atom. The van der Waals surface area contributed by atoms with Gasteiger partial charge in [-0.05, 0) is 30.5 Å². The largest absolute Gasteiger partial charge is 0.494 e. The van der Waals surface area contributed by atoms with Crippen LogP contribution in [0.15, 0.2) is 29.2 Å². The van der Waals surface area contributed by atoms with Gasteiger partial charge in [0, 0.05) is 10.1 Å². The smallest absolute Gasteiger partial charge is 0.120 e. The van der Waals surface area contributed by atoms with Gasteiger partial charge < -0.3 is 4.74 Å². The molecular formula is C14H22OS. The molecule has 90 valence electrons. The first-order valence-corrected chi connectivity index (χ1v) is 6.85. The van der Waals surface area contributed by atoms with Crippen LogP contribution in [-0.4, -0.2) is 11.9 Å². The highest BCUT2D eigenvalue weighted by atomic mass is 32.2. The van der Waals surface area contributed by atoms with Crippen molar-refractivity contribution in [1.29, 1.82) is 0 Å². The summed E-state index contributed by atoms with van der Waals surface area (Å²) in [5.74, 6) is 1.69. The topological polar surface area (TPSA) is 9.23 Å². The number of ether oxygens (including phenoxy) is 1. The second-order valence-electron chi connectivity index (χ2n) is 4.67. The molecule has 0 atom stereocenters. The molecule has 0 fully saturated rings. The van der Waals surface area contributed by atoms with Crippen molar-refractivity contribution < 1.29 is 4.74 Å². The fraction of sp³-hybridized carbons (Fsp3) is 0.571. The Morgan fingerprint density at radius 1 is 1.19 bits per heavy atom. The van der Waals surface area contributed by atoms with E-state index >= 15 is 0 Å². The highest BCUT2D eigenvalue weighted by Crippen LogP contribution is 2.26. The van der Waals surface area contributed by atoms with Crippen molar-refractivity contribution in [2.24, 2.45) is 5.92 Å². The molecule has 0 saturated heterocycles. The summed E-state index contributed by atoms with van der Waals surface area (Å²) in [7, 11) is 0. The number of thioether (sulfide) groups is 1. The Kier molecular flexibility index (Phi) is 5.75. The second-order valence-corrected chi connectivity index (χ2v) is 6.32. The maximum absolute atomic E-state index is 5.73. The number of rotatable bonds is 6. The zero-order valence-electron chi connectivity index (χ0n) is 10.7. The maximum atomic E-state index is 5.73. The summed E-state index contributed by atoms with van der Waals surface area (Å²) in [6.45, 7) is 9.66. The van der Waals surface area contributed by atoms with Crippen molar-refractivity contribution in [1.82, 2.24) is 0 Å². The second kappa shape index (κ2) is 6.85. The SMILES string of the molecule is CC(C)CCOc1cccc(SC(C)C)c1. The van der Waals surface area contributed by atoms with Crippen LogP contribution in [-0.2, 0) is 0 Å². The standard InChI is InChI=1S/C14H22OS/c1-11(2)8-9-15-13-6-5-7-14(10-13)16-12(3)4/h5-7,10-12H,8-9H2,1-4H3. The quantitative estimate of drug-likeness (QED) is 0.669. The molecule has 1 aromatic rings. The van der Waals surface area contributed by atoms with Gasteiger partial charge in [0.25, 0.3) is 0 Å². The van der Waals surface area contributed by atoms with Crippen LogP contribution in [0.4, 0.5) is 0 Å². The molecule has 0 bridgehead atoms. The normalized spacial score (nSPS) is 11.1. The molecule has 0 unspecified atom stereocenters. The van der Waals surface area contributed by atoms with Crippen molar-refractivity contribution >= 4 is 11.8 Å². The predicted octanol–water partition coefficient (Wildman–Crippen LogP) is 4.61.